The lowest BCUT2D eigenvalue weighted by Crippen LogP contribution is -2.33. The molecule has 1 heterocycles. The minimum atomic E-state index is -1.36. The van der Waals surface area contributed by atoms with E-state index in [9.17, 15) is 14.7 Å². The van der Waals surface area contributed by atoms with Crippen LogP contribution < -0.4 is 5.11 Å². The first kappa shape index (κ1) is 13.1. The smallest absolute Gasteiger partial charge is 0.246 e. The molecule has 0 spiro atoms. The summed E-state index contributed by atoms with van der Waals surface area (Å²) < 4.78 is 0. The number of carbonyl (C=O) groups excluding carboxylic acids is 2. The Labute approximate surface area is 111 Å². The number of aliphatic carboxylic acids is 1. The largest absolute Gasteiger partial charge is 0.545 e. The Balaban J connectivity index is 2.00. The average Bonchev–Trinajstić information content (AvgIpc) is 2.46. The monoisotopic (exact) mass is 256 g/mol. The fourth-order valence-corrected chi connectivity index (χ4v) is 2.03. The van der Waals surface area contributed by atoms with Gasteiger partial charge in [-0.3, -0.25) is 4.79 Å². The summed E-state index contributed by atoms with van der Waals surface area (Å²) >= 11 is 0. The number of nitrogens with zero attached hydrogens (tertiary/aromatic N) is 1. The van der Waals surface area contributed by atoms with Crippen molar-refractivity contribution in [2.75, 3.05) is 13.1 Å². The number of hydrogen-bond acceptors (Lipinski definition) is 3. The number of rotatable bonds is 3. The Kier molecular flexibility index (Phi) is 4.13. The third-order valence-corrected chi connectivity index (χ3v) is 3.03. The van der Waals surface area contributed by atoms with Crippen LogP contribution in [-0.4, -0.2) is 29.9 Å². The van der Waals surface area contributed by atoms with Crippen LogP contribution in [0.15, 0.2) is 48.6 Å². The minimum Gasteiger partial charge on any atom is -0.545 e. The van der Waals surface area contributed by atoms with Gasteiger partial charge in [0, 0.05) is 19.2 Å². The standard InChI is InChI=1S/C15H15NO3/c17-14(6-7-15(18)19)16-10-8-13(9-11-16)12-4-2-1-3-5-12/h1-8H,9-11H2,(H,18,19)/p-1. The average molecular weight is 256 g/mol. The molecule has 0 N–H and O–H groups in total. The number of hydrogen-bond donors (Lipinski definition) is 0. The lowest BCUT2D eigenvalue weighted by atomic mass is 9.99. The van der Waals surface area contributed by atoms with E-state index >= 15 is 0 Å². The molecule has 1 aromatic rings. The summed E-state index contributed by atoms with van der Waals surface area (Å²) in [7, 11) is 0. The maximum atomic E-state index is 11.7. The van der Waals surface area contributed by atoms with Gasteiger partial charge in [0.25, 0.3) is 0 Å². The number of carbonyl (C=O) groups is 2. The van der Waals surface area contributed by atoms with E-state index in [2.05, 4.69) is 0 Å². The van der Waals surface area contributed by atoms with Crippen molar-refractivity contribution in [3.63, 3.8) is 0 Å². The molecule has 1 amide bonds. The van der Waals surface area contributed by atoms with Crippen molar-refractivity contribution in [2.24, 2.45) is 0 Å². The Morgan fingerprint density at radius 3 is 2.47 bits per heavy atom. The van der Waals surface area contributed by atoms with E-state index in [1.807, 2.05) is 36.4 Å². The van der Waals surface area contributed by atoms with E-state index in [-0.39, 0.29) is 5.91 Å². The SMILES string of the molecule is O=C([O-])C=CC(=O)N1CC=C(c2ccccc2)CC1. The second kappa shape index (κ2) is 6.00. The van der Waals surface area contributed by atoms with Crippen molar-refractivity contribution in [3.8, 4) is 0 Å². The number of carboxylic acid groups (broad SMARTS) is 1. The van der Waals surface area contributed by atoms with Crippen LogP contribution in [0.2, 0.25) is 0 Å². The molecule has 0 fully saturated rings. The molecule has 1 aliphatic heterocycles. The molecule has 4 heteroatoms. The van der Waals surface area contributed by atoms with Gasteiger partial charge in [-0.15, -0.1) is 0 Å². The summed E-state index contributed by atoms with van der Waals surface area (Å²) in [5.74, 6) is -1.65. The highest BCUT2D eigenvalue weighted by molar-refractivity contribution is 5.93. The Bertz CT molecular complexity index is 532. The molecule has 0 unspecified atom stereocenters. The van der Waals surface area contributed by atoms with Gasteiger partial charge in [0.2, 0.25) is 5.91 Å². The minimum absolute atomic E-state index is 0.299. The second-order valence-electron chi connectivity index (χ2n) is 4.28. The van der Waals surface area contributed by atoms with Crippen molar-refractivity contribution >= 4 is 17.4 Å². The van der Waals surface area contributed by atoms with Crippen molar-refractivity contribution in [3.05, 3.63) is 54.1 Å². The van der Waals surface area contributed by atoms with E-state index in [1.54, 1.807) is 4.90 Å². The molecule has 98 valence electrons. The second-order valence-corrected chi connectivity index (χ2v) is 4.28. The van der Waals surface area contributed by atoms with Crippen LogP contribution in [0, 0.1) is 0 Å². The van der Waals surface area contributed by atoms with E-state index in [0.717, 1.165) is 18.6 Å². The highest BCUT2D eigenvalue weighted by Crippen LogP contribution is 2.21. The van der Waals surface area contributed by atoms with Crippen LogP contribution in [0.25, 0.3) is 5.57 Å². The summed E-state index contributed by atoms with van der Waals surface area (Å²) in [5, 5.41) is 10.2. The number of amides is 1. The van der Waals surface area contributed by atoms with E-state index in [1.165, 1.54) is 11.1 Å². The molecule has 1 aromatic carbocycles. The highest BCUT2D eigenvalue weighted by atomic mass is 16.4. The fourth-order valence-electron chi connectivity index (χ4n) is 2.03. The lowest BCUT2D eigenvalue weighted by Gasteiger charge is -2.25. The maximum absolute atomic E-state index is 11.7. The van der Waals surface area contributed by atoms with Gasteiger partial charge < -0.3 is 14.8 Å². The number of carboxylic acids is 1. The van der Waals surface area contributed by atoms with Gasteiger partial charge in [0.05, 0.1) is 5.97 Å². The van der Waals surface area contributed by atoms with Crippen LogP contribution in [0.5, 0.6) is 0 Å². The van der Waals surface area contributed by atoms with Gasteiger partial charge in [-0.2, -0.15) is 0 Å². The summed E-state index contributed by atoms with van der Waals surface area (Å²) in [6, 6.07) is 10.0. The normalized spacial score (nSPS) is 15.4. The molecule has 0 atom stereocenters. The lowest BCUT2D eigenvalue weighted by molar-refractivity contribution is -0.297. The summed E-state index contributed by atoms with van der Waals surface area (Å²) in [4.78, 5) is 23.5. The first-order valence-corrected chi connectivity index (χ1v) is 6.09. The highest BCUT2D eigenvalue weighted by Gasteiger charge is 2.15. The summed E-state index contributed by atoms with van der Waals surface area (Å²) in [5.41, 5.74) is 2.38. The van der Waals surface area contributed by atoms with E-state index < -0.39 is 5.97 Å². The first-order valence-electron chi connectivity index (χ1n) is 6.09. The van der Waals surface area contributed by atoms with Gasteiger partial charge in [0.15, 0.2) is 0 Å². The van der Waals surface area contributed by atoms with Gasteiger partial charge in [0.1, 0.15) is 0 Å². The molecule has 0 aromatic heterocycles. The third-order valence-electron chi connectivity index (χ3n) is 3.03. The van der Waals surface area contributed by atoms with Crippen molar-refractivity contribution in [1.29, 1.82) is 0 Å². The molecule has 2 rings (SSSR count). The summed E-state index contributed by atoms with van der Waals surface area (Å²) in [6.07, 6.45) is 4.58. The predicted molar refractivity (Wildman–Crippen MR) is 69.8 cm³/mol. The molecular formula is C15H14NO3-. The topological polar surface area (TPSA) is 60.4 Å². The van der Waals surface area contributed by atoms with Crippen LogP contribution in [0.1, 0.15) is 12.0 Å². The van der Waals surface area contributed by atoms with Gasteiger partial charge in [-0.1, -0.05) is 36.4 Å². The van der Waals surface area contributed by atoms with Crippen LogP contribution in [0.4, 0.5) is 0 Å². The number of benzene rings is 1. The van der Waals surface area contributed by atoms with Crippen LogP contribution >= 0.6 is 0 Å². The van der Waals surface area contributed by atoms with E-state index in [4.69, 9.17) is 0 Å². The predicted octanol–water partition coefficient (Wildman–Crippen LogP) is 0.608. The van der Waals surface area contributed by atoms with Gasteiger partial charge in [-0.25, -0.2) is 0 Å². The fraction of sp³-hybridized carbons (Fsp3) is 0.200. The van der Waals surface area contributed by atoms with Crippen LogP contribution in [0.3, 0.4) is 0 Å². The van der Waals surface area contributed by atoms with Crippen LogP contribution in [-0.2, 0) is 9.59 Å². The van der Waals surface area contributed by atoms with E-state index in [0.29, 0.717) is 13.1 Å². The Morgan fingerprint density at radius 1 is 1.16 bits per heavy atom. The molecule has 1 aliphatic rings. The molecule has 0 radical (unpaired) electrons. The quantitative estimate of drug-likeness (QED) is 0.744. The van der Waals surface area contributed by atoms with Crippen molar-refractivity contribution in [1.82, 2.24) is 4.90 Å². The third kappa shape index (κ3) is 3.55. The zero-order chi connectivity index (χ0) is 13.7. The molecule has 0 bridgehead atoms. The molecule has 0 saturated heterocycles. The summed E-state index contributed by atoms with van der Waals surface area (Å²) in [6.45, 7) is 1.09. The molecule has 0 aliphatic carbocycles. The molecule has 19 heavy (non-hydrogen) atoms. The Hall–Kier alpha value is -2.36. The van der Waals surface area contributed by atoms with Crippen molar-refractivity contribution < 1.29 is 14.7 Å². The Morgan fingerprint density at radius 2 is 1.89 bits per heavy atom. The zero-order valence-corrected chi connectivity index (χ0v) is 10.4. The van der Waals surface area contributed by atoms with Gasteiger partial charge >= 0.3 is 0 Å². The van der Waals surface area contributed by atoms with Gasteiger partial charge in [-0.05, 0) is 23.6 Å². The first-order chi connectivity index (χ1) is 9.16. The molecule has 0 saturated carbocycles. The molecule has 4 nitrogen and oxygen atoms in total. The molecular weight excluding hydrogens is 242 g/mol. The zero-order valence-electron chi connectivity index (χ0n) is 10.4. The van der Waals surface area contributed by atoms with Crippen molar-refractivity contribution in [2.45, 2.75) is 6.42 Å². The maximum Gasteiger partial charge on any atom is 0.246 e.